The number of hydrogen-bond donors (Lipinski definition) is 2. The number of benzene rings is 2. The molecule has 0 heterocycles. The summed E-state index contributed by atoms with van der Waals surface area (Å²) in [5, 5.41) is 20.4. The third-order valence-corrected chi connectivity index (χ3v) is 3.53. The molecule has 0 bridgehead atoms. The van der Waals surface area contributed by atoms with Crippen LogP contribution in [-0.2, 0) is 22.4 Å². The van der Waals surface area contributed by atoms with Crippen LogP contribution in [0.5, 0.6) is 0 Å². The SMILES string of the molecule is N#Cc1cccc(C[C@H](NC(=O)Cc2c(F)cccc2F)C(=O)O)c1. The molecule has 1 atom stereocenters. The number of aliphatic carboxylic acids is 1. The Bertz CT molecular complexity index is 826. The van der Waals surface area contributed by atoms with E-state index >= 15 is 0 Å². The van der Waals surface area contributed by atoms with E-state index in [0.717, 1.165) is 12.1 Å². The molecule has 0 aliphatic carbocycles. The number of nitriles is 1. The maximum atomic E-state index is 13.6. The number of rotatable bonds is 6. The van der Waals surface area contributed by atoms with Gasteiger partial charge in [-0.3, -0.25) is 4.79 Å². The normalized spacial score (nSPS) is 11.4. The maximum absolute atomic E-state index is 13.6. The molecule has 128 valence electrons. The zero-order chi connectivity index (χ0) is 18.4. The number of carbonyl (C=O) groups is 2. The zero-order valence-electron chi connectivity index (χ0n) is 13.0. The molecule has 5 nitrogen and oxygen atoms in total. The van der Waals surface area contributed by atoms with Crippen LogP contribution >= 0.6 is 0 Å². The second kappa shape index (κ2) is 8.02. The van der Waals surface area contributed by atoms with Crippen LogP contribution in [0.1, 0.15) is 16.7 Å². The predicted octanol–water partition coefficient (Wildman–Crippen LogP) is 2.19. The summed E-state index contributed by atoms with van der Waals surface area (Å²) in [7, 11) is 0. The molecular formula is C18H14F2N2O3. The summed E-state index contributed by atoms with van der Waals surface area (Å²) in [6.45, 7) is 0. The topological polar surface area (TPSA) is 90.2 Å². The molecule has 1 amide bonds. The van der Waals surface area contributed by atoms with Crippen LogP contribution in [-0.4, -0.2) is 23.0 Å². The minimum atomic E-state index is -1.29. The average Bonchev–Trinajstić information content (AvgIpc) is 2.58. The highest BCUT2D eigenvalue weighted by molar-refractivity contribution is 5.85. The lowest BCUT2D eigenvalue weighted by Crippen LogP contribution is -2.43. The van der Waals surface area contributed by atoms with E-state index in [1.54, 1.807) is 18.2 Å². The van der Waals surface area contributed by atoms with Gasteiger partial charge < -0.3 is 10.4 Å². The van der Waals surface area contributed by atoms with Gasteiger partial charge in [0.15, 0.2) is 0 Å². The summed E-state index contributed by atoms with van der Waals surface area (Å²) in [6.07, 6.45) is -0.670. The van der Waals surface area contributed by atoms with Crippen LogP contribution in [0.25, 0.3) is 0 Å². The lowest BCUT2D eigenvalue weighted by Gasteiger charge is -2.15. The van der Waals surface area contributed by atoms with Gasteiger partial charge in [-0.1, -0.05) is 18.2 Å². The van der Waals surface area contributed by atoms with E-state index in [2.05, 4.69) is 5.32 Å². The molecule has 2 rings (SSSR count). The van der Waals surface area contributed by atoms with E-state index in [1.165, 1.54) is 12.1 Å². The first kappa shape index (κ1) is 18.1. The highest BCUT2D eigenvalue weighted by Gasteiger charge is 2.22. The van der Waals surface area contributed by atoms with Crippen LogP contribution < -0.4 is 5.32 Å². The summed E-state index contributed by atoms with van der Waals surface area (Å²) in [5.41, 5.74) is 0.487. The first-order valence-electron chi connectivity index (χ1n) is 7.35. The number of amides is 1. The van der Waals surface area contributed by atoms with Gasteiger partial charge >= 0.3 is 5.97 Å². The Morgan fingerprint density at radius 1 is 1.16 bits per heavy atom. The summed E-state index contributed by atoms with van der Waals surface area (Å²) in [5.74, 6) is -3.84. The molecular weight excluding hydrogens is 330 g/mol. The van der Waals surface area contributed by atoms with Crippen molar-refractivity contribution in [2.45, 2.75) is 18.9 Å². The molecule has 0 aromatic heterocycles. The van der Waals surface area contributed by atoms with Gasteiger partial charge in [0.25, 0.3) is 0 Å². The van der Waals surface area contributed by atoms with Crippen LogP contribution in [0.15, 0.2) is 42.5 Å². The molecule has 0 radical (unpaired) electrons. The van der Waals surface area contributed by atoms with Crippen molar-refractivity contribution in [3.63, 3.8) is 0 Å². The number of halogens is 2. The summed E-state index contributed by atoms with van der Waals surface area (Å²) in [4.78, 5) is 23.3. The Kier molecular flexibility index (Phi) is 5.79. The quantitative estimate of drug-likeness (QED) is 0.840. The van der Waals surface area contributed by atoms with E-state index in [0.29, 0.717) is 11.1 Å². The van der Waals surface area contributed by atoms with Gasteiger partial charge in [-0.15, -0.1) is 0 Å². The van der Waals surface area contributed by atoms with E-state index in [4.69, 9.17) is 5.26 Å². The van der Waals surface area contributed by atoms with E-state index in [-0.39, 0.29) is 6.42 Å². The van der Waals surface area contributed by atoms with Crippen molar-refractivity contribution >= 4 is 11.9 Å². The fraction of sp³-hybridized carbons (Fsp3) is 0.167. The van der Waals surface area contributed by atoms with Gasteiger partial charge in [0.1, 0.15) is 17.7 Å². The number of carboxylic acid groups (broad SMARTS) is 1. The fourth-order valence-corrected chi connectivity index (χ4v) is 2.31. The third-order valence-electron chi connectivity index (χ3n) is 3.53. The Hall–Kier alpha value is -3.27. The minimum absolute atomic E-state index is 0.0592. The second-order valence-corrected chi connectivity index (χ2v) is 5.35. The molecule has 0 saturated carbocycles. The van der Waals surface area contributed by atoms with E-state index in [9.17, 15) is 23.5 Å². The van der Waals surface area contributed by atoms with Gasteiger partial charge in [0.2, 0.25) is 5.91 Å². The molecule has 7 heteroatoms. The van der Waals surface area contributed by atoms with E-state index < -0.39 is 41.5 Å². The number of carboxylic acids is 1. The number of nitrogens with one attached hydrogen (secondary N) is 1. The maximum Gasteiger partial charge on any atom is 0.326 e. The van der Waals surface area contributed by atoms with Crippen molar-refractivity contribution in [1.29, 1.82) is 5.26 Å². The van der Waals surface area contributed by atoms with E-state index in [1.807, 2.05) is 6.07 Å². The van der Waals surface area contributed by atoms with Crippen molar-refractivity contribution < 1.29 is 23.5 Å². The summed E-state index contributed by atoms with van der Waals surface area (Å²) in [6, 6.07) is 10.2. The monoisotopic (exact) mass is 344 g/mol. The minimum Gasteiger partial charge on any atom is -0.480 e. The predicted molar refractivity (Wildman–Crippen MR) is 84.5 cm³/mol. The van der Waals surface area contributed by atoms with Crippen molar-refractivity contribution in [1.82, 2.24) is 5.32 Å². The molecule has 0 saturated heterocycles. The molecule has 0 fully saturated rings. The first-order chi connectivity index (χ1) is 11.9. The van der Waals surface area contributed by atoms with Crippen molar-refractivity contribution in [2.24, 2.45) is 0 Å². The van der Waals surface area contributed by atoms with Crippen LogP contribution in [0.4, 0.5) is 8.78 Å². The Balaban J connectivity index is 2.09. The molecule has 2 aromatic carbocycles. The van der Waals surface area contributed by atoms with Crippen molar-refractivity contribution in [3.8, 4) is 6.07 Å². The van der Waals surface area contributed by atoms with Crippen molar-refractivity contribution in [2.75, 3.05) is 0 Å². The van der Waals surface area contributed by atoms with Crippen LogP contribution in [0.3, 0.4) is 0 Å². The average molecular weight is 344 g/mol. The van der Waals surface area contributed by atoms with Gasteiger partial charge in [-0.2, -0.15) is 5.26 Å². The number of carbonyl (C=O) groups excluding carboxylic acids is 1. The molecule has 2 aromatic rings. The summed E-state index contributed by atoms with van der Waals surface area (Å²) < 4.78 is 27.1. The van der Waals surface area contributed by atoms with Gasteiger partial charge in [-0.25, -0.2) is 13.6 Å². The molecule has 0 spiro atoms. The summed E-state index contributed by atoms with van der Waals surface area (Å²) >= 11 is 0. The van der Waals surface area contributed by atoms with Gasteiger partial charge in [-0.05, 0) is 29.8 Å². The van der Waals surface area contributed by atoms with Gasteiger partial charge in [0, 0.05) is 12.0 Å². The number of hydrogen-bond acceptors (Lipinski definition) is 3. The Morgan fingerprint density at radius 3 is 2.40 bits per heavy atom. The molecule has 0 aliphatic rings. The highest BCUT2D eigenvalue weighted by atomic mass is 19.1. The largest absolute Gasteiger partial charge is 0.480 e. The Labute approximate surface area is 142 Å². The smallest absolute Gasteiger partial charge is 0.326 e. The van der Waals surface area contributed by atoms with Crippen molar-refractivity contribution in [3.05, 3.63) is 70.8 Å². The first-order valence-corrected chi connectivity index (χ1v) is 7.35. The highest BCUT2D eigenvalue weighted by Crippen LogP contribution is 2.13. The second-order valence-electron chi connectivity index (χ2n) is 5.35. The third kappa shape index (κ3) is 4.85. The number of nitrogens with zero attached hydrogens (tertiary/aromatic N) is 1. The van der Waals surface area contributed by atoms with Gasteiger partial charge in [0.05, 0.1) is 18.1 Å². The standard InChI is InChI=1S/C18H14F2N2O3/c19-14-5-2-6-15(20)13(14)9-17(23)22-16(18(24)25)8-11-3-1-4-12(7-11)10-21/h1-7,16H,8-9H2,(H,22,23)(H,24,25)/t16-/m0/s1. The molecule has 25 heavy (non-hydrogen) atoms. The zero-order valence-corrected chi connectivity index (χ0v) is 13.0. The lowest BCUT2D eigenvalue weighted by atomic mass is 10.0. The van der Waals surface area contributed by atoms with Crippen LogP contribution in [0.2, 0.25) is 0 Å². The fourth-order valence-electron chi connectivity index (χ4n) is 2.31. The lowest BCUT2D eigenvalue weighted by molar-refractivity contribution is -0.141. The molecule has 0 unspecified atom stereocenters. The molecule has 0 aliphatic heterocycles. The Morgan fingerprint density at radius 2 is 1.80 bits per heavy atom. The molecule has 2 N–H and O–H groups in total. The van der Waals surface area contributed by atoms with Crippen LogP contribution in [0, 0.1) is 23.0 Å².